The predicted octanol–water partition coefficient (Wildman–Crippen LogP) is 2.77. The number of carbonyl (C=O) groups is 3. The minimum Gasteiger partial charge on any atom is -0.297 e. The Morgan fingerprint density at radius 2 is 1.57 bits per heavy atom. The molecule has 21 heavy (non-hydrogen) atoms. The molecule has 0 bridgehead atoms. The molecule has 4 nitrogen and oxygen atoms in total. The van der Waals surface area contributed by atoms with Crippen molar-refractivity contribution in [1.82, 2.24) is 0 Å². The van der Waals surface area contributed by atoms with Crippen molar-refractivity contribution in [2.75, 3.05) is 4.90 Å². The van der Waals surface area contributed by atoms with E-state index in [2.05, 4.69) is 0 Å². The third-order valence-corrected chi connectivity index (χ3v) is 3.69. The minimum absolute atomic E-state index is 0.00761. The maximum Gasteiger partial charge on any atom is 0.237 e. The number of hydrogen-bond acceptors (Lipinski definition) is 4. The van der Waals surface area contributed by atoms with Gasteiger partial charge in [-0.15, -0.1) is 0 Å². The highest BCUT2D eigenvalue weighted by Crippen LogP contribution is 2.22. The second kappa shape index (κ2) is 7.43. The van der Waals surface area contributed by atoms with Gasteiger partial charge < -0.3 is 0 Å². The Labute approximate surface area is 134 Å². The smallest absolute Gasteiger partial charge is 0.237 e. The van der Waals surface area contributed by atoms with Crippen LogP contribution in [0.25, 0.3) is 0 Å². The zero-order valence-corrected chi connectivity index (χ0v) is 13.6. The monoisotopic (exact) mass is 325 g/mol. The van der Waals surface area contributed by atoms with E-state index in [1.165, 1.54) is 18.7 Å². The van der Waals surface area contributed by atoms with E-state index in [9.17, 15) is 14.4 Å². The number of amides is 1. The van der Waals surface area contributed by atoms with E-state index >= 15 is 0 Å². The second-order valence-electron chi connectivity index (χ2n) is 4.69. The van der Waals surface area contributed by atoms with Gasteiger partial charge in [0, 0.05) is 5.69 Å². The van der Waals surface area contributed by atoms with Crippen LogP contribution in [-0.4, -0.2) is 27.8 Å². The summed E-state index contributed by atoms with van der Waals surface area (Å²) in [6.07, 6.45) is 0. The van der Waals surface area contributed by atoms with Gasteiger partial charge >= 0.3 is 0 Å². The van der Waals surface area contributed by atoms with E-state index in [0.717, 1.165) is 0 Å². The Bertz CT molecular complexity index is 560. The van der Waals surface area contributed by atoms with Crippen LogP contribution in [0.4, 0.5) is 5.69 Å². The zero-order chi connectivity index (χ0) is 16.2. The van der Waals surface area contributed by atoms with Crippen molar-refractivity contribution >= 4 is 51.3 Å². The average molecular weight is 326 g/mol. The summed E-state index contributed by atoms with van der Waals surface area (Å²) >= 11 is 10.6. The molecule has 0 spiro atoms. The fraction of sp³-hybridized carbons (Fsp3) is 0.333. The van der Waals surface area contributed by atoms with E-state index in [4.69, 9.17) is 23.8 Å². The molecule has 0 radical (unpaired) electrons. The second-order valence-corrected chi connectivity index (χ2v) is 5.76. The van der Waals surface area contributed by atoms with Gasteiger partial charge in [0.2, 0.25) is 5.91 Å². The lowest BCUT2D eigenvalue weighted by Crippen LogP contribution is -2.51. The van der Waals surface area contributed by atoms with Crippen molar-refractivity contribution in [3.63, 3.8) is 0 Å². The Morgan fingerprint density at radius 3 is 1.95 bits per heavy atom. The number of thiocarbonyl (C=S) groups is 1. The van der Waals surface area contributed by atoms with E-state index in [0.29, 0.717) is 5.69 Å². The maximum absolute atomic E-state index is 12.6. The van der Waals surface area contributed by atoms with Crippen LogP contribution >= 0.6 is 23.8 Å². The van der Waals surface area contributed by atoms with Crippen molar-refractivity contribution in [1.29, 1.82) is 0 Å². The molecule has 112 valence electrons. The first-order valence-corrected chi connectivity index (χ1v) is 7.14. The van der Waals surface area contributed by atoms with E-state index in [-0.39, 0.29) is 4.32 Å². The molecule has 1 aromatic carbocycles. The highest BCUT2D eigenvalue weighted by atomic mass is 35.5. The minimum atomic E-state index is -1.17. The number of ketones is 2. The van der Waals surface area contributed by atoms with Gasteiger partial charge in [-0.25, -0.2) is 0 Å². The normalized spacial score (nSPS) is 11.9. The van der Waals surface area contributed by atoms with E-state index in [1.807, 2.05) is 0 Å². The molecule has 1 rings (SSSR count). The lowest BCUT2D eigenvalue weighted by atomic mass is 10.0. The largest absolute Gasteiger partial charge is 0.297 e. The molecule has 1 atom stereocenters. The first-order valence-electron chi connectivity index (χ1n) is 6.35. The molecule has 0 saturated heterocycles. The third-order valence-electron chi connectivity index (χ3n) is 3.01. The number of para-hydroxylation sites is 1. The molecular formula is C15H16ClNO3S. The van der Waals surface area contributed by atoms with E-state index in [1.54, 1.807) is 37.3 Å². The molecule has 1 amide bonds. The van der Waals surface area contributed by atoms with Crippen LogP contribution in [0.2, 0.25) is 0 Å². The average Bonchev–Trinajstić information content (AvgIpc) is 2.42. The summed E-state index contributed by atoms with van der Waals surface area (Å²) in [5.74, 6) is -2.07. The molecule has 0 aromatic heterocycles. The van der Waals surface area contributed by atoms with Gasteiger partial charge in [0.15, 0.2) is 17.6 Å². The summed E-state index contributed by atoms with van der Waals surface area (Å²) in [6.45, 7) is 4.10. The van der Waals surface area contributed by atoms with Crippen LogP contribution in [0.3, 0.4) is 0 Å². The number of carbonyl (C=O) groups excluding carboxylic acids is 3. The molecule has 0 aliphatic carbocycles. The van der Waals surface area contributed by atoms with Gasteiger partial charge in [-0.3, -0.25) is 19.3 Å². The standard InChI is InChI=1S/C15H16ClNO3S/c1-9(14(16)21)15(20)17(12-7-5-4-6-8-12)13(10(2)18)11(3)19/h4-9,13H,1-3H3. The number of anilines is 1. The summed E-state index contributed by atoms with van der Waals surface area (Å²) in [5, 5.41) is 0. The number of rotatable bonds is 6. The maximum atomic E-state index is 12.6. The first-order chi connectivity index (χ1) is 9.77. The molecule has 1 aromatic rings. The third kappa shape index (κ3) is 4.19. The van der Waals surface area contributed by atoms with Gasteiger partial charge in [0.25, 0.3) is 0 Å². The molecule has 0 aliphatic rings. The SMILES string of the molecule is CC(=O)C(C(C)=O)N(C(=O)C(C)C(=S)Cl)c1ccccc1. The van der Waals surface area contributed by atoms with Gasteiger partial charge in [-0.1, -0.05) is 42.0 Å². The molecule has 0 saturated carbocycles. The lowest BCUT2D eigenvalue weighted by Gasteiger charge is -2.30. The first kappa shape index (κ1) is 17.5. The predicted molar refractivity (Wildman–Crippen MR) is 86.7 cm³/mol. The van der Waals surface area contributed by atoms with Gasteiger partial charge in [-0.05, 0) is 32.9 Å². The van der Waals surface area contributed by atoms with Gasteiger partial charge in [0.1, 0.15) is 0 Å². The Hall–Kier alpha value is -1.59. The molecule has 1 unspecified atom stereocenters. The number of benzene rings is 1. The van der Waals surface area contributed by atoms with Crippen molar-refractivity contribution in [2.24, 2.45) is 5.92 Å². The van der Waals surface area contributed by atoms with Crippen LogP contribution in [0.15, 0.2) is 30.3 Å². The molecule has 0 fully saturated rings. The lowest BCUT2D eigenvalue weighted by molar-refractivity contribution is -0.131. The summed E-state index contributed by atoms with van der Waals surface area (Å²) in [5.41, 5.74) is 0.456. The highest BCUT2D eigenvalue weighted by Gasteiger charge is 2.35. The van der Waals surface area contributed by atoms with Gasteiger partial charge in [-0.2, -0.15) is 0 Å². The fourth-order valence-electron chi connectivity index (χ4n) is 1.95. The highest BCUT2D eigenvalue weighted by molar-refractivity contribution is 7.83. The summed E-state index contributed by atoms with van der Waals surface area (Å²) in [6, 6.07) is 7.35. The topological polar surface area (TPSA) is 54.5 Å². The van der Waals surface area contributed by atoms with Crippen molar-refractivity contribution in [2.45, 2.75) is 26.8 Å². The molecule has 6 heteroatoms. The summed E-state index contributed by atoms with van der Waals surface area (Å²) in [4.78, 5) is 37.4. The van der Waals surface area contributed by atoms with Crippen molar-refractivity contribution < 1.29 is 14.4 Å². The number of halogens is 1. The fourth-order valence-corrected chi connectivity index (χ4v) is 2.14. The molecule has 0 N–H and O–H groups in total. The quantitative estimate of drug-likeness (QED) is 0.458. The Morgan fingerprint density at radius 1 is 1.10 bits per heavy atom. The van der Waals surface area contributed by atoms with Gasteiger partial charge in [0.05, 0.1) is 10.2 Å². The number of hydrogen-bond donors (Lipinski definition) is 0. The van der Waals surface area contributed by atoms with Crippen LogP contribution < -0.4 is 4.90 Å². The Balaban J connectivity index is 3.36. The summed E-state index contributed by atoms with van der Waals surface area (Å²) in [7, 11) is 0. The van der Waals surface area contributed by atoms with Crippen LogP contribution in [0.5, 0.6) is 0 Å². The number of Topliss-reactive ketones (excluding diaryl/α,β-unsaturated/α-hetero) is 2. The summed E-state index contributed by atoms with van der Waals surface area (Å²) < 4.78 is -0.00761. The molecular weight excluding hydrogens is 310 g/mol. The Kier molecular flexibility index (Phi) is 6.18. The van der Waals surface area contributed by atoms with Crippen LogP contribution in [0.1, 0.15) is 20.8 Å². The molecule has 0 heterocycles. The van der Waals surface area contributed by atoms with Crippen LogP contribution in [-0.2, 0) is 14.4 Å². The zero-order valence-electron chi connectivity index (χ0n) is 12.0. The van der Waals surface area contributed by atoms with Crippen molar-refractivity contribution in [3.8, 4) is 0 Å². The number of nitrogens with zero attached hydrogens (tertiary/aromatic N) is 1. The van der Waals surface area contributed by atoms with Crippen LogP contribution in [0, 0.1) is 5.92 Å². The van der Waals surface area contributed by atoms with E-state index < -0.39 is 29.4 Å². The molecule has 0 aliphatic heterocycles. The van der Waals surface area contributed by atoms with Crippen molar-refractivity contribution in [3.05, 3.63) is 30.3 Å².